The van der Waals surface area contributed by atoms with Crippen molar-refractivity contribution in [1.82, 2.24) is 10.2 Å². The van der Waals surface area contributed by atoms with Crippen molar-refractivity contribution in [1.29, 1.82) is 0 Å². The number of hydrogen-bond donors (Lipinski definition) is 1. The molecule has 1 aromatic carbocycles. The van der Waals surface area contributed by atoms with Gasteiger partial charge in [0.25, 0.3) is 11.8 Å². The van der Waals surface area contributed by atoms with Crippen molar-refractivity contribution in [3.63, 3.8) is 0 Å². The Morgan fingerprint density at radius 1 is 1.10 bits per heavy atom. The predicted molar refractivity (Wildman–Crippen MR) is 113 cm³/mol. The Morgan fingerprint density at radius 3 is 2.24 bits per heavy atom. The van der Waals surface area contributed by atoms with Gasteiger partial charge in [-0.05, 0) is 42.9 Å². The van der Waals surface area contributed by atoms with Gasteiger partial charge in [-0.25, -0.2) is 0 Å². The summed E-state index contributed by atoms with van der Waals surface area (Å²) in [6.07, 6.45) is 4.58. The number of esters is 1. The standard InChI is InChI=1S/C23H34N2O4/c1-16(22(28)25(5)19-9-7-6-8-10-19)29-20(26)15-24-21(27)17-11-13-18(14-12-17)23(2,3)4/h11-14,16,19H,6-10,15H2,1-5H3,(H,24,27)/t16-/m1/s1. The second-order valence-electron chi connectivity index (χ2n) is 8.88. The quantitative estimate of drug-likeness (QED) is 0.740. The molecule has 0 aliphatic heterocycles. The number of nitrogens with one attached hydrogen (secondary N) is 1. The van der Waals surface area contributed by atoms with Crippen molar-refractivity contribution in [3.8, 4) is 0 Å². The summed E-state index contributed by atoms with van der Waals surface area (Å²) in [6, 6.07) is 7.52. The highest BCUT2D eigenvalue weighted by atomic mass is 16.5. The summed E-state index contributed by atoms with van der Waals surface area (Å²) in [5.41, 5.74) is 1.61. The molecule has 29 heavy (non-hydrogen) atoms. The normalized spacial score (nSPS) is 16.0. The fraction of sp³-hybridized carbons (Fsp3) is 0.609. The molecule has 1 N–H and O–H groups in total. The largest absolute Gasteiger partial charge is 0.451 e. The number of carbonyl (C=O) groups is 3. The lowest BCUT2D eigenvalue weighted by Gasteiger charge is -2.32. The van der Waals surface area contributed by atoms with Crippen molar-refractivity contribution in [2.75, 3.05) is 13.6 Å². The van der Waals surface area contributed by atoms with Crippen LogP contribution in [0.3, 0.4) is 0 Å². The lowest BCUT2D eigenvalue weighted by Crippen LogP contribution is -2.45. The molecule has 0 saturated heterocycles. The number of carbonyl (C=O) groups excluding carboxylic acids is 3. The fourth-order valence-electron chi connectivity index (χ4n) is 3.60. The first kappa shape index (κ1) is 22.9. The predicted octanol–water partition coefficient (Wildman–Crippen LogP) is 3.44. The van der Waals surface area contributed by atoms with Crippen molar-refractivity contribution in [2.24, 2.45) is 0 Å². The van der Waals surface area contributed by atoms with E-state index in [1.54, 1.807) is 31.0 Å². The van der Waals surface area contributed by atoms with E-state index in [1.807, 2.05) is 12.1 Å². The van der Waals surface area contributed by atoms with Gasteiger partial charge < -0.3 is 15.0 Å². The smallest absolute Gasteiger partial charge is 0.326 e. The molecule has 2 amide bonds. The highest BCUT2D eigenvalue weighted by Crippen LogP contribution is 2.23. The third-order valence-electron chi connectivity index (χ3n) is 5.53. The van der Waals surface area contributed by atoms with Crippen LogP contribution in [0.2, 0.25) is 0 Å². The van der Waals surface area contributed by atoms with Gasteiger partial charge in [0, 0.05) is 18.7 Å². The van der Waals surface area contributed by atoms with Gasteiger partial charge in [0.2, 0.25) is 0 Å². The van der Waals surface area contributed by atoms with Crippen LogP contribution in [0.15, 0.2) is 24.3 Å². The number of benzene rings is 1. The zero-order chi connectivity index (χ0) is 21.6. The maximum atomic E-state index is 12.5. The number of nitrogens with zero attached hydrogens (tertiary/aromatic N) is 1. The lowest BCUT2D eigenvalue weighted by molar-refractivity contribution is -0.158. The van der Waals surface area contributed by atoms with Crippen molar-refractivity contribution >= 4 is 17.8 Å². The highest BCUT2D eigenvalue weighted by Gasteiger charge is 2.27. The Hall–Kier alpha value is -2.37. The molecule has 6 nitrogen and oxygen atoms in total. The molecule has 0 radical (unpaired) electrons. The number of rotatable bonds is 6. The van der Waals surface area contributed by atoms with Gasteiger partial charge in [0.1, 0.15) is 6.54 Å². The molecule has 1 fully saturated rings. The Balaban J connectivity index is 1.80. The molecule has 0 heterocycles. The molecule has 1 atom stereocenters. The minimum absolute atomic E-state index is 0.00622. The van der Waals surface area contributed by atoms with Gasteiger partial charge in [-0.3, -0.25) is 14.4 Å². The zero-order valence-electron chi connectivity index (χ0n) is 18.3. The van der Waals surface area contributed by atoms with Crippen LogP contribution in [0.5, 0.6) is 0 Å². The van der Waals surface area contributed by atoms with E-state index in [9.17, 15) is 14.4 Å². The molecule has 160 valence electrons. The minimum atomic E-state index is -0.864. The average molecular weight is 403 g/mol. The van der Waals surface area contributed by atoms with Crippen molar-refractivity contribution in [3.05, 3.63) is 35.4 Å². The van der Waals surface area contributed by atoms with Gasteiger partial charge in [0.15, 0.2) is 6.10 Å². The van der Waals surface area contributed by atoms with Gasteiger partial charge >= 0.3 is 5.97 Å². The molecule has 1 aromatic rings. The number of amides is 2. The average Bonchev–Trinajstić information content (AvgIpc) is 2.71. The van der Waals surface area contributed by atoms with E-state index < -0.39 is 12.1 Å². The van der Waals surface area contributed by atoms with E-state index in [2.05, 4.69) is 26.1 Å². The van der Waals surface area contributed by atoms with E-state index >= 15 is 0 Å². The molecular weight excluding hydrogens is 368 g/mol. The SMILES string of the molecule is C[C@@H](OC(=O)CNC(=O)c1ccc(C(C)(C)C)cc1)C(=O)N(C)C1CCCCC1. The third kappa shape index (κ3) is 6.58. The Labute approximate surface area is 174 Å². The molecule has 1 aliphatic carbocycles. The molecule has 1 saturated carbocycles. The minimum Gasteiger partial charge on any atom is -0.451 e. The molecule has 6 heteroatoms. The first-order chi connectivity index (χ1) is 13.6. The number of hydrogen-bond acceptors (Lipinski definition) is 4. The molecule has 2 rings (SSSR count). The second-order valence-corrected chi connectivity index (χ2v) is 8.88. The first-order valence-electron chi connectivity index (χ1n) is 10.4. The maximum Gasteiger partial charge on any atom is 0.326 e. The van der Waals surface area contributed by atoms with Crippen LogP contribution in [0, 0.1) is 0 Å². The molecule has 0 unspecified atom stereocenters. The lowest BCUT2D eigenvalue weighted by atomic mass is 9.87. The van der Waals surface area contributed by atoms with E-state index in [1.165, 1.54) is 6.42 Å². The second kappa shape index (κ2) is 9.90. The van der Waals surface area contributed by atoms with Crippen LogP contribution in [0.1, 0.15) is 75.7 Å². The monoisotopic (exact) mass is 402 g/mol. The number of likely N-dealkylation sites (N-methyl/N-ethyl adjacent to an activating group) is 1. The van der Waals surface area contributed by atoms with Gasteiger partial charge in [-0.15, -0.1) is 0 Å². The summed E-state index contributed by atoms with van der Waals surface area (Å²) in [5, 5.41) is 2.56. The zero-order valence-corrected chi connectivity index (χ0v) is 18.3. The first-order valence-corrected chi connectivity index (χ1v) is 10.4. The van der Waals surface area contributed by atoms with E-state index in [0.29, 0.717) is 5.56 Å². The summed E-state index contributed by atoms with van der Waals surface area (Å²) in [7, 11) is 1.77. The van der Waals surface area contributed by atoms with E-state index in [0.717, 1.165) is 31.2 Å². The Bertz CT molecular complexity index is 715. The Kier molecular flexibility index (Phi) is 7.82. The molecule has 1 aliphatic rings. The molecule has 0 aromatic heterocycles. The van der Waals surface area contributed by atoms with Gasteiger partial charge in [0.05, 0.1) is 0 Å². The van der Waals surface area contributed by atoms with Crippen LogP contribution in [0.4, 0.5) is 0 Å². The van der Waals surface area contributed by atoms with Crippen LogP contribution < -0.4 is 5.32 Å². The van der Waals surface area contributed by atoms with E-state index in [-0.39, 0.29) is 29.8 Å². The number of ether oxygens (including phenoxy) is 1. The summed E-state index contributed by atoms with van der Waals surface area (Å²) < 4.78 is 5.23. The van der Waals surface area contributed by atoms with E-state index in [4.69, 9.17) is 4.74 Å². The van der Waals surface area contributed by atoms with Gasteiger partial charge in [-0.1, -0.05) is 52.2 Å². The topological polar surface area (TPSA) is 75.7 Å². The van der Waals surface area contributed by atoms with Crippen LogP contribution in [-0.4, -0.2) is 48.4 Å². The van der Waals surface area contributed by atoms with Crippen molar-refractivity contribution in [2.45, 2.75) is 77.4 Å². The summed E-state index contributed by atoms with van der Waals surface area (Å²) in [6.45, 7) is 7.61. The fourth-order valence-corrected chi connectivity index (χ4v) is 3.60. The summed E-state index contributed by atoms with van der Waals surface area (Å²) in [5.74, 6) is -1.17. The Morgan fingerprint density at radius 2 is 1.69 bits per heavy atom. The highest BCUT2D eigenvalue weighted by molar-refractivity contribution is 5.96. The van der Waals surface area contributed by atoms with Crippen LogP contribution in [-0.2, 0) is 19.7 Å². The van der Waals surface area contributed by atoms with Crippen LogP contribution in [0.25, 0.3) is 0 Å². The van der Waals surface area contributed by atoms with Crippen molar-refractivity contribution < 1.29 is 19.1 Å². The summed E-state index contributed by atoms with van der Waals surface area (Å²) >= 11 is 0. The maximum absolute atomic E-state index is 12.5. The van der Waals surface area contributed by atoms with Gasteiger partial charge in [-0.2, -0.15) is 0 Å². The van der Waals surface area contributed by atoms with Crippen LogP contribution >= 0.6 is 0 Å². The third-order valence-corrected chi connectivity index (χ3v) is 5.53. The summed E-state index contributed by atoms with van der Waals surface area (Å²) in [4.78, 5) is 38.5. The molecule has 0 bridgehead atoms. The molecular formula is C23H34N2O4. The molecule has 0 spiro atoms.